The van der Waals surface area contributed by atoms with Gasteiger partial charge in [0.1, 0.15) is 6.54 Å². The summed E-state index contributed by atoms with van der Waals surface area (Å²) in [6, 6.07) is 26.7. The Labute approximate surface area is 233 Å². The molecule has 0 aliphatic carbocycles. The van der Waals surface area contributed by atoms with E-state index < -0.39 is 32.5 Å². The second-order valence-corrected chi connectivity index (χ2v) is 12.5. The third-order valence-electron chi connectivity index (χ3n) is 5.80. The predicted molar refractivity (Wildman–Crippen MR) is 154 cm³/mol. The molecular weight excluding hydrogens is 558 g/mol. The van der Waals surface area contributed by atoms with Gasteiger partial charge in [-0.15, -0.1) is 0 Å². The molecule has 11 heteroatoms. The van der Waals surface area contributed by atoms with E-state index in [1.54, 1.807) is 54.6 Å². The second kappa shape index (κ2) is 11.9. The van der Waals surface area contributed by atoms with E-state index in [1.807, 2.05) is 19.1 Å². The van der Waals surface area contributed by atoms with E-state index >= 15 is 0 Å². The van der Waals surface area contributed by atoms with Crippen molar-refractivity contribution in [2.75, 3.05) is 20.9 Å². The standard InChI is InChI=1S/C28H26ClN3O5S2/c1-2-21-8-6-7-11-27(21)32(39(36,37)26-9-4-3-5-10-26)20-28(33)30-23-16-18-25(19-17-23)38(34,35)31-24-14-12-22(29)13-15-24/h3-19,31H,2,20H2,1H3,(H,30,33). The molecule has 0 saturated heterocycles. The van der Waals surface area contributed by atoms with Crippen molar-refractivity contribution >= 4 is 54.6 Å². The Bertz CT molecular complexity index is 1660. The summed E-state index contributed by atoms with van der Waals surface area (Å²) in [5, 5.41) is 3.14. The number of nitrogens with one attached hydrogen (secondary N) is 2. The molecule has 1 amide bonds. The van der Waals surface area contributed by atoms with Crippen molar-refractivity contribution in [1.82, 2.24) is 0 Å². The van der Waals surface area contributed by atoms with Crippen LogP contribution >= 0.6 is 11.6 Å². The fourth-order valence-electron chi connectivity index (χ4n) is 3.85. The van der Waals surface area contributed by atoms with E-state index in [-0.39, 0.29) is 9.79 Å². The lowest BCUT2D eigenvalue weighted by Gasteiger charge is -2.26. The molecule has 4 rings (SSSR count). The molecule has 0 saturated carbocycles. The lowest BCUT2D eigenvalue weighted by atomic mass is 10.1. The number of para-hydroxylation sites is 1. The molecule has 2 N–H and O–H groups in total. The lowest BCUT2D eigenvalue weighted by Crippen LogP contribution is -2.38. The quantitative estimate of drug-likeness (QED) is 0.255. The lowest BCUT2D eigenvalue weighted by molar-refractivity contribution is -0.114. The maximum atomic E-state index is 13.6. The van der Waals surface area contributed by atoms with Gasteiger partial charge in [-0.25, -0.2) is 16.8 Å². The van der Waals surface area contributed by atoms with Gasteiger partial charge in [0.05, 0.1) is 15.5 Å². The number of anilines is 3. The van der Waals surface area contributed by atoms with E-state index in [0.29, 0.717) is 28.5 Å². The van der Waals surface area contributed by atoms with Crippen LogP contribution in [0.3, 0.4) is 0 Å². The summed E-state index contributed by atoms with van der Waals surface area (Å²) in [6.45, 7) is 1.43. The van der Waals surface area contributed by atoms with E-state index in [4.69, 9.17) is 11.6 Å². The summed E-state index contributed by atoms with van der Waals surface area (Å²) in [4.78, 5) is 13.1. The highest BCUT2D eigenvalue weighted by Crippen LogP contribution is 2.28. The normalized spacial score (nSPS) is 11.5. The van der Waals surface area contributed by atoms with Gasteiger partial charge in [-0.05, 0) is 78.7 Å². The maximum absolute atomic E-state index is 13.6. The monoisotopic (exact) mass is 583 g/mol. The summed E-state index contributed by atoms with van der Waals surface area (Å²) in [5.41, 5.74) is 1.84. The van der Waals surface area contributed by atoms with Crippen molar-refractivity contribution in [3.05, 3.63) is 114 Å². The van der Waals surface area contributed by atoms with Crippen molar-refractivity contribution in [2.24, 2.45) is 0 Å². The Morgan fingerprint density at radius 3 is 1.97 bits per heavy atom. The Morgan fingerprint density at radius 2 is 1.33 bits per heavy atom. The fourth-order valence-corrected chi connectivity index (χ4v) is 6.52. The van der Waals surface area contributed by atoms with Crippen LogP contribution in [0.1, 0.15) is 12.5 Å². The number of sulfonamides is 2. The van der Waals surface area contributed by atoms with Crippen molar-refractivity contribution < 1.29 is 21.6 Å². The summed E-state index contributed by atoms with van der Waals surface area (Å²) >= 11 is 5.85. The molecule has 4 aromatic rings. The molecule has 0 heterocycles. The van der Waals surface area contributed by atoms with Crippen LogP contribution in [0, 0.1) is 0 Å². The van der Waals surface area contributed by atoms with Gasteiger partial charge in [-0.3, -0.25) is 13.8 Å². The van der Waals surface area contributed by atoms with Gasteiger partial charge in [-0.1, -0.05) is 54.9 Å². The number of carbonyl (C=O) groups excluding carboxylic acids is 1. The van der Waals surface area contributed by atoms with Crippen LogP contribution in [0.4, 0.5) is 17.1 Å². The summed E-state index contributed by atoms with van der Waals surface area (Å²) in [6.07, 6.45) is 0.568. The SMILES string of the molecule is CCc1ccccc1N(CC(=O)Nc1ccc(S(=O)(=O)Nc2ccc(Cl)cc2)cc1)S(=O)(=O)c1ccccc1. The van der Waals surface area contributed by atoms with Gasteiger partial charge in [0.15, 0.2) is 0 Å². The average Bonchev–Trinajstić information content (AvgIpc) is 2.93. The van der Waals surface area contributed by atoms with Gasteiger partial charge in [0, 0.05) is 16.4 Å². The first-order valence-electron chi connectivity index (χ1n) is 11.9. The maximum Gasteiger partial charge on any atom is 0.264 e. The molecule has 4 aromatic carbocycles. The van der Waals surface area contributed by atoms with Crippen molar-refractivity contribution in [3.63, 3.8) is 0 Å². The summed E-state index contributed by atoms with van der Waals surface area (Å²) < 4.78 is 56.2. The van der Waals surface area contributed by atoms with Crippen LogP contribution in [0.5, 0.6) is 0 Å². The highest BCUT2D eigenvalue weighted by molar-refractivity contribution is 7.93. The predicted octanol–water partition coefficient (Wildman–Crippen LogP) is 5.54. The third kappa shape index (κ3) is 6.78. The molecule has 0 atom stereocenters. The smallest absolute Gasteiger partial charge is 0.264 e. The number of hydrogen-bond donors (Lipinski definition) is 2. The molecule has 8 nitrogen and oxygen atoms in total. The largest absolute Gasteiger partial charge is 0.325 e. The molecule has 0 radical (unpaired) electrons. The van der Waals surface area contributed by atoms with Crippen molar-refractivity contribution in [3.8, 4) is 0 Å². The first-order valence-corrected chi connectivity index (χ1v) is 15.2. The zero-order chi connectivity index (χ0) is 28.0. The van der Waals surface area contributed by atoms with Gasteiger partial charge in [0.2, 0.25) is 5.91 Å². The Balaban J connectivity index is 1.54. The van der Waals surface area contributed by atoms with E-state index in [0.717, 1.165) is 9.87 Å². The molecule has 0 aliphatic rings. The number of halogens is 1. The highest BCUT2D eigenvalue weighted by atomic mass is 35.5. The zero-order valence-electron chi connectivity index (χ0n) is 20.9. The third-order valence-corrected chi connectivity index (χ3v) is 9.23. The van der Waals surface area contributed by atoms with Crippen LogP contribution in [-0.2, 0) is 31.3 Å². The van der Waals surface area contributed by atoms with E-state index in [9.17, 15) is 21.6 Å². The Kier molecular flexibility index (Phi) is 8.59. The summed E-state index contributed by atoms with van der Waals surface area (Å²) in [5.74, 6) is -0.588. The molecule has 202 valence electrons. The minimum atomic E-state index is -4.06. The van der Waals surface area contributed by atoms with E-state index in [2.05, 4.69) is 10.0 Å². The molecule has 0 aliphatic heterocycles. The number of hydrogen-bond acceptors (Lipinski definition) is 5. The Morgan fingerprint density at radius 1 is 0.744 bits per heavy atom. The molecule has 0 fully saturated rings. The highest BCUT2D eigenvalue weighted by Gasteiger charge is 2.28. The number of nitrogens with zero attached hydrogens (tertiary/aromatic N) is 1. The minimum Gasteiger partial charge on any atom is -0.325 e. The van der Waals surface area contributed by atoms with Crippen LogP contribution in [0.15, 0.2) is 113 Å². The first-order chi connectivity index (χ1) is 18.6. The van der Waals surface area contributed by atoms with Crippen molar-refractivity contribution in [1.29, 1.82) is 0 Å². The van der Waals surface area contributed by atoms with E-state index in [1.165, 1.54) is 36.4 Å². The number of aryl methyl sites for hydroxylation is 1. The fraction of sp³-hybridized carbons (Fsp3) is 0.107. The van der Waals surface area contributed by atoms with Gasteiger partial charge in [-0.2, -0.15) is 0 Å². The van der Waals surface area contributed by atoms with Crippen LogP contribution in [0.2, 0.25) is 5.02 Å². The topological polar surface area (TPSA) is 113 Å². The molecule has 0 spiro atoms. The molecular formula is C28H26ClN3O5S2. The number of rotatable bonds is 10. The minimum absolute atomic E-state index is 0.0133. The van der Waals surface area contributed by atoms with Crippen LogP contribution in [0.25, 0.3) is 0 Å². The van der Waals surface area contributed by atoms with Crippen molar-refractivity contribution in [2.45, 2.75) is 23.1 Å². The van der Waals surface area contributed by atoms with Crippen LogP contribution < -0.4 is 14.3 Å². The summed E-state index contributed by atoms with van der Waals surface area (Å²) in [7, 11) is -7.93. The molecule has 39 heavy (non-hydrogen) atoms. The molecule has 0 bridgehead atoms. The molecule has 0 unspecified atom stereocenters. The zero-order valence-corrected chi connectivity index (χ0v) is 23.3. The number of amides is 1. The number of benzene rings is 4. The van der Waals surface area contributed by atoms with Crippen LogP contribution in [-0.4, -0.2) is 29.3 Å². The average molecular weight is 584 g/mol. The number of carbonyl (C=O) groups is 1. The van der Waals surface area contributed by atoms with Gasteiger partial charge in [0.25, 0.3) is 20.0 Å². The van der Waals surface area contributed by atoms with Gasteiger partial charge >= 0.3 is 0 Å². The molecule has 0 aromatic heterocycles. The second-order valence-electron chi connectivity index (χ2n) is 8.49. The Hall–Kier alpha value is -3.86. The first kappa shape index (κ1) is 28.2. The van der Waals surface area contributed by atoms with Gasteiger partial charge < -0.3 is 5.32 Å².